The van der Waals surface area contributed by atoms with Gasteiger partial charge in [-0.2, -0.15) is 4.98 Å². The van der Waals surface area contributed by atoms with Crippen molar-refractivity contribution in [1.82, 2.24) is 14.9 Å². The fourth-order valence-electron chi connectivity index (χ4n) is 5.93. The van der Waals surface area contributed by atoms with Crippen LogP contribution in [0, 0.1) is 5.92 Å². The van der Waals surface area contributed by atoms with E-state index in [0.717, 1.165) is 49.9 Å². The Hall–Kier alpha value is -3.04. The first-order valence-electron chi connectivity index (χ1n) is 13.0. The van der Waals surface area contributed by atoms with Crippen LogP contribution in [0.25, 0.3) is 0 Å². The summed E-state index contributed by atoms with van der Waals surface area (Å²) in [4.78, 5) is 28.4. The normalized spacial score (nSPS) is 21.4. The fourth-order valence-corrected chi connectivity index (χ4v) is 6.13. The number of aromatic nitrogens is 2. The number of anilines is 5. The summed E-state index contributed by atoms with van der Waals surface area (Å²) < 4.78 is 5.77. The van der Waals surface area contributed by atoms with Crippen molar-refractivity contribution in [1.29, 1.82) is 0 Å². The van der Waals surface area contributed by atoms with Gasteiger partial charge in [0.1, 0.15) is 10.8 Å². The van der Waals surface area contributed by atoms with E-state index in [1.807, 2.05) is 12.1 Å². The molecule has 0 unspecified atom stereocenters. The van der Waals surface area contributed by atoms with Crippen LogP contribution in [0.4, 0.5) is 28.8 Å². The summed E-state index contributed by atoms with van der Waals surface area (Å²) >= 11 is 6.53. The largest absolute Gasteiger partial charge is 0.494 e. The summed E-state index contributed by atoms with van der Waals surface area (Å²) in [6.45, 7) is 6.38. The van der Waals surface area contributed by atoms with Crippen molar-refractivity contribution >= 4 is 46.3 Å². The zero-order chi connectivity index (χ0) is 26.1. The number of methoxy groups -OCH3 is 1. The minimum Gasteiger partial charge on any atom is -0.494 e. The Labute approximate surface area is 223 Å². The molecule has 2 aliphatic heterocycles. The Morgan fingerprint density at radius 1 is 1.22 bits per heavy atom. The van der Waals surface area contributed by atoms with Gasteiger partial charge in [-0.15, -0.1) is 0 Å². The number of halogens is 1. The Bertz CT molecular complexity index is 1170. The summed E-state index contributed by atoms with van der Waals surface area (Å²) in [5.74, 6) is 2.29. The first-order chi connectivity index (χ1) is 17.9. The average molecular weight is 526 g/mol. The van der Waals surface area contributed by atoms with Gasteiger partial charge in [0.25, 0.3) is 0 Å². The molecule has 2 aromatic rings. The molecule has 1 amide bonds. The topological polar surface area (TPSA) is 85.9 Å². The van der Waals surface area contributed by atoms with E-state index in [9.17, 15) is 4.79 Å². The second kappa shape index (κ2) is 10.8. The van der Waals surface area contributed by atoms with Crippen molar-refractivity contribution in [2.45, 2.75) is 44.2 Å². The van der Waals surface area contributed by atoms with Crippen LogP contribution < -0.4 is 25.2 Å². The van der Waals surface area contributed by atoms with Gasteiger partial charge in [-0.25, -0.2) is 4.98 Å². The zero-order valence-electron chi connectivity index (χ0n) is 21.8. The molecule has 37 heavy (non-hydrogen) atoms. The summed E-state index contributed by atoms with van der Waals surface area (Å²) in [5.41, 5.74) is 2.26. The first-order valence-corrected chi connectivity index (χ1v) is 13.4. The molecule has 0 radical (unpaired) electrons. The fraction of sp³-hybridized carbons (Fsp3) is 0.519. The zero-order valence-corrected chi connectivity index (χ0v) is 22.6. The van der Waals surface area contributed by atoms with Crippen molar-refractivity contribution in [3.63, 3.8) is 0 Å². The van der Waals surface area contributed by atoms with Gasteiger partial charge in [0.2, 0.25) is 11.9 Å². The summed E-state index contributed by atoms with van der Waals surface area (Å²) in [6.07, 6.45) is 8.68. The van der Waals surface area contributed by atoms with E-state index < -0.39 is 0 Å². The van der Waals surface area contributed by atoms with Crippen LogP contribution in [-0.4, -0.2) is 73.7 Å². The highest BCUT2D eigenvalue weighted by atomic mass is 35.5. The number of fused-ring (bicyclic) bond motifs is 2. The lowest BCUT2D eigenvalue weighted by Gasteiger charge is -2.37. The molecular formula is C27H36ClN7O2. The van der Waals surface area contributed by atoms with Crippen molar-refractivity contribution in [3.8, 4) is 5.75 Å². The second-order valence-corrected chi connectivity index (χ2v) is 10.8. The maximum Gasteiger partial charge on any atom is 0.247 e. The van der Waals surface area contributed by atoms with Crippen molar-refractivity contribution in [2.75, 3.05) is 61.3 Å². The van der Waals surface area contributed by atoms with Gasteiger partial charge < -0.3 is 30.1 Å². The molecule has 2 atom stereocenters. The van der Waals surface area contributed by atoms with E-state index in [1.165, 1.54) is 25.3 Å². The number of hydrogen-bond donors (Lipinski definition) is 2. The average Bonchev–Trinajstić information content (AvgIpc) is 3.54. The van der Waals surface area contributed by atoms with Crippen LogP contribution >= 0.6 is 11.6 Å². The van der Waals surface area contributed by atoms with Gasteiger partial charge in [0.05, 0.1) is 30.4 Å². The number of carbonyl (C=O) groups excluding carboxylic acids is 1. The number of amides is 1. The van der Waals surface area contributed by atoms with Gasteiger partial charge >= 0.3 is 0 Å². The molecule has 2 saturated heterocycles. The van der Waals surface area contributed by atoms with Crippen molar-refractivity contribution in [2.24, 2.45) is 5.92 Å². The minimum absolute atomic E-state index is 0.269. The third-order valence-corrected chi connectivity index (χ3v) is 8.22. The van der Waals surface area contributed by atoms with Crippen molar-refractivity contribution < 1.29 is 9.53 Å². The van der Waals surface area contributed by atoms with Crippen molar-refractivity contribution in [3.05, 3.63) is 36.0 Å². The highest BCUT2D eigenvalue weighted by molar-refractivity contribution is 6.32. The highest BCUT2D eigenvalue weighted by Gasteiger charge is 2.39. The molecule has 3 heterocycles. The predicted molar refractivity (Wildman–Crippen MR) is 150 cm³/mol. The summed E-state index contributed by atoms with van der Waals surface area (Å²) in [7, 11) is 5.88. The number of hydrogen-bond acceptors (Lipinski definition) is 8. The molecule has 10 heteroatoms. The highest BCUT2D eigenvalue weighted by Crippen LogP contribution is 2.43. The number of nitrogens with zero attached hydrogens (tertiary/aromatic N) is 5. The molecule has 3 fully saturated rings. The monoisotopic (exact) mass is 525 g/mol. The summed E-state index contributed by atoms with van der Waals surface area (Å²) in [6, 6.07) is 4.89. The number of ether oxygens (including phenoxy) is 1. The number of benzene rings is 1. The predicted octanol–water partition coefficient (Wildman–Crippen LogP) is 4.53. The first kappa shape index (κ1) is 25.6. The molecule has 3 aliphatic rings. The van der Waals surface area contributed by atoms with E-state index in [-0.39, 0.29) is 5.91 Å². The second-order valence-electron chi connectivity index (χ2n) is 10.4. The van der Waals surface area contributed by atoms with Crippen LogP contribution in [0.1, 0.15) is 32.1 Å². The standard InChI is InChI=1S/C27H36ClN7O2/c1-5-25(36)30-21-13-22(24(37-4)14-23(21)34-10-8-18(9-11-34)33(2)3)31-27-29-15-20(28)26(32-27)35-16-17-6-7-19(35)12-17/h5,13-15,17-19H,1,6-12,16H2,2-4H3,(H,30,36)(H,29,31,32)/t17-,19+/m0/s1. The Morgan fingerprint density at radius 2 is 2.00 bits per heavy atom. The molecule has 5 rings (SSSR count). The van der Waals surface area contributed by atoms with Crippen LogP contribution in [0.5, 0.6) is 5.75 Å². The number of nitrogens with one attached hydrogen (secondary N) is 2. The third kappa shape index (κ3) is 5.33. The maximum atomic E-state index is 12.3. The van der Waals surface area contributed by atoms with E-state index in [1.54, 1.807) is 13.3 Å². The minimum atomic E-state index is -0.269. The van der Waals surface area contributed by atoms with Gasteiger partial charge in [-0.3, -0.25) is 4.79 Å². The molecule has 1 aromatic carbocycles. The van der Waals surface area contributed by atoms with Crippen LogP contribution in [0.15, 0.2) is 31.0 Å². The molecule has 9 nitrogen and oxygen atoms in total. The maximum absolute atomic E-state index is 12.3. The van der Waals surface area contributed by atoms with Crippen LogP contribution in [0.3, 0.4) is 0 Å². The Kier molecular flexibility index (Phi) is 7.44. The molecule has 1 aliphatic carbocycles. The van der Waals surface area contributed by atoms with E-state index in [0.29, 0.717) is 40.2 Å². The smallest absolute Gasteiger partial charge is 0.247 e. The van der Waals surface area contributed by atoms with Crippen LogP contribution in [-0.2, 0) is 4.79 Å². The van der Waals surface area contributed by atoms with E-state index in [4.69, 9.17) is 21.3 Å². The van der Waals surface area contributed by atoms with Crippen LogP contribution in [0.2, 0.25) is 5.02 Å². The lowest BCUT2D eigenvalue weighted by Crippen LogP contribution is -2.42. The number of rotatable bonds is 8. The molecule has 198 valence electrons. The molecule has 0 spiro atoms. The SMILES string of the molecule is C=CC(=O)Nc1cc(Nc2ncc(Cl)c(N3C[C@H]4CC[C@@H]3C4)n2)c(OC)cc1N1CCC(N(C)C)CC1. The van der Waals surface area contributed by atoms with Gasteiger partial charge in [0.15, 0.2) is 5.82 Å². The van der Waals surface area contributed by atoms with E-state index in [2.05, 4.69) is 51.0 Å². The Morgan fingerprint density at radius 3 is 2.62 bits per heavy atom. The molecule has 2 N–H and O–H groups in total. The molecular weight excluding hydrogens is 490 g/mol. The van der Waals surface area contributed by atoms with Gasteiger partial charge in [-0.05, 0) is 64.3 Å². The number of piperidine rings is 2. The molecule has 1 aromatic heterocycles. The molecule has 1 saturated carbocycles. The lowest BCUT2D eigenvalue weighted by molar-refractivity contribution is -0.111. The summed E-state index contributed by atoms with van der Waals surface area (Å²) in [5, 5.41) is 6.84. The quantitative estimate of drug-likeness (QED) is 0.486. The molecule has 2 bridgehead atoms. The lowest BCUT2D eigenvalue weighted by atomic mass is 10.0. The van der Waals surface area contributed by atoms with E-state index >= 15 is 0 Å². The number of carbonyl (C=O) groups is 1. The Balaban J connectivity index is 1.44. The van der Waals surface area contributed by atoms with Gasteiger partial charge in [0, 0.05) is 37.8 Å². The van der Waals surface area contributed by atoms with Gasteiger partial charge in [-0.1, -0.05) is 18.2 Å². The third-order valence-electron chi connectivity index (χ3n) is 7.95.